The highest BCUT2D eigenvalue weighted by molar-refractivity contribution is 9.10. The number of methoxy groups -OCH3 is 5. The Bertz CT molecular complexity index is 6460. The number of nitrogen functional groups attached to an aromatic ring is 1. The summed E-state index contributed by atoms with van der Waals surface area (Å²) in [5, 5.41) is 40.6. The molecule has 0 bridgehead atoms. The number of piperidine rings is 1. The van der Waals surface area contributed by atoms with Crippen LogP contribution in [0.15, 0.2) is 169 Å². The zero-order valence-electron chi connectivity index (χ0n) is 79.4. The Kier molecular flexibility index (Phi) is 37.8. The van der Waals surface area contributed by atoms with E-state index in [-0.39, 0.29) is 86.6 Å². The molecular formula is C100H102Br2Cl7N11O21. The molecule has 10 aromatic rings. The maximum atomic E-state index is 12.7. The molecule has 9 aromatic carbocycles. The molecule has 1 saturated heterocycles. The van der Waals surface area contributed by atoms with E-state index in [9.17, 15) is 68.5 Å². The number of amides is 8. The molecule has 1 fully saturated rings. The molecule has 0 radical (unpaired) electrons. The Hall–Kier alpha value is -12.1. The van der Waals surface area contributed by atoms with Crippen LogP contribution in [-0.4, -0.2) is 159 Å². The molecule has 1 aromatic heterocycles. The lowest BCUT2D eigenvalue weighted by atomic mass is 10.0. The van der Waals surface area contributed by atoms with Crippen molar-refractivity contribution < 1.29 is 91.3 Å². The molecule has 141 heavy (non-hydrogen) atoms. The summed E-state index contributed by atoms with van der Waals surface area (Å²) in [6, 6.07) is 43.4. The number of hydrogen-bond acceptors (Lipinski definition) is 24. The van der Waals surface area contributed by atoms with Crippen LogP contribution in [0.5, 0.6) is 23.0 Å². The lowest BCUT2D eigenvalue weighted by Gasteiger charge is -2.31. The topological polar surface area (TPSA) is 404 Å². The number of esters is 1. The van der Waals surface area contributed by atoms with Gasteiger partial charge in [0.25, 0.3) is 46.8 Å². The molecule has 0 aliphatic carbocycles. The predicted molar refractivity (Wildman–Crippen MR) is 546 cm³/mol. The van der Waals surface area contributed by atoms with E-state index in [1.165, 1.54) is 25.3 Å². The SMILES string of the molecule is CC1NC(=O)c2c([N+](=O)[O-])ccc(Cl)c21.CC1NC(=O)c2cccc(Cl)c21.CC1c2c(Cl)ccc(N)c2C(=O)N1C(=O)OC(C)(C)C.CC1c2c(Cl)ccc([N+](=O)[O-])c2C(=O)N1C(=O)OC(C)(C)C.COC(=O)c1cccc(Cl)c1CBr.COc1ccc(CN2C(=O)c3cccc(Cl)c3C2C)c(OC)c1.COc1ccc(CN2Cc3c(Cl)cccc3C2=O)c(OC)c1.OC1CCN(c2ccc(Br)nc2)CC1. The van der Waals surface area contributed by atoms with Crippen molar-refractivity contribution in [1.29, 1.82) is 0 Å². The molecule has 0 saturated carbocycles. The summed E-state index contributed by atoms with van der Waals surface area (Å²) >= 11 is 48.9. The molecule has 17 rings (SSSR count). The van der Waals surface area contributed by atoms with Gasteiger partial charge in [-0.1, -0.05) is 121 Å². The van der Waals surface area contributed by atoms with E-state index in [0.29, 0.717) is 106 Å². The largest absolute Gasteiger partial charge is 0.497 e. The molecule has 5 atom stereocenters. The number of nitro benzene ring substituents is 2. The van der Waals surface area contributed by atoms with Gasteiger partial charge in [-0.05, 0) is 220 Å². The number of nitro groups is 2. The average Bonchev–Trinajstić information content (AvgIpc) is 1.59. The number of alkyl halides is 1. The number of fused-ring (bicyclic) bond motifs is 6. The minimum absolute atomic E-state index is 0.00429. The number of ether oxygens (including phenoxy) is 7. The Balaban J connectivity index is 0.000000167. The number of aliphatic hydroxyl groups excluding tert-OH is 1. The summed E-state index contributed by atoms with van der Waals surface area (Å²) < 4.78 is 37.1. The molecular weight excluding hydrogens is 2100 g/mol. The van der Waals surface area contributed by atoms with Gasteiger partial charge in [0.05, 0.1) is 111 Å². The zero-order chi connectivity index (χ0) is 104. The van der Waals surface area contributed by atoms with Gasteiger partial charge >= 0.3 is 18.2 Å². The van der Waals surface area contributed by atoms with Gasteiger partial charge in [-0.15, -0.1) is 0 Å². The minimum Gasteiger partial charge on any atom is -0.497 e. The second-order valence-electron chi connectivity index (χ2n) is 34.4. The first-order valence-corrected chi connectivity index (χ1v) is 48.2. The first-order chi connectivity index (χ1) is 66.5. The number of imide groups is 2. The maximum Gasteiger partial charge on any atom is 0.417 e. The van der Waals surface area contributed by atoms with Crippen LogP contribution in [0, 0.1) is 20.2 Å². The molecule has 5 unspecified atom stereocenters. The van der Waals surface area contributed by atoms with Gasteiger partial charge in [-0.25, -0.2) is 29.2 Å². The summed E-state index contributed by atoms with van der Waals surface area (Å²) in [4.78, 5) is 141. The fraction of sp³-hybridized carbons (Fsp3) is 0.320. The maximum absolute atomic E-state index is 12.7. The van der Waals surface area contributed by atoms with E-state index >= 15 is 0 Å². The lowest BCUT2D eigenvalue weighted by Crippen LogP contribution is -2.38. The Morgan fingerprint density at radius 1 is 0.511 bits per heavy atom. The number of carbonyl (C=O) groups excluding carboxylic acids is 9. The van der Waals surface area contributed by atoms with E-state index in [1.54, 1.807) is 155 Å². The van der Waals surface area contributed by atoms with Crippen LogP contribution < -0.4 is 40.2 Å². The van der Waals surface area contributed by atoms with Crippen LogP contribution in [0.4, 0.5) is 32.3 Å². The van der Waals surface area contributed by atoms with Crippen molar-refractivity contribution in [2.75, 3.05) is 59.3 Å². The lowest BCUT2D eigenvalue weighted by molar-refractivity contribution is -0.385. The third-order valence-corrected chi connectivity index (χ3v) is 26.4. The Labute approximate surface area is 866 Å². The third kappa shape index (κ3) is 26.1. The number of rotatable bonds is 13. The molecule has 0 spiro atoms. The highest BCUT2D eigenvalue weighted by atomic mass is 79.9. The number of anilines is 2. The predicted octanol–water partition coefficient (Wildman–Crippen LogP) is 23.7. The number of halogens is 9. The van der Waals surface area contributed by atoms with E-state index in [4.69, 9.17) is 115 Å². The first kappa shape index (κ1) is 111. The summed E-state index contributed by atoms with van der Waals surface area (Å²) in [5.41, 5.74) is 14.7. The van der Waals surface area contributed by atoms with Gasteiger partial charge in [0, 0.05) is 158 Å². The third-order valence-electron chi connectivity index (χ3n) is 23.0. The minimum atomic E-state index is -0.855. The van der Waals surface area contributed by atoms with Gasteiger partial charge in [0.15, 0.2) is 0 Å². The van der Waals surface area contributed by atoms with E-state index in [0.717, 1.165) is 97.0 Å². The number of benzene rings is 9. The fourth-order valence-corrected chi connectivity index (χ4v) is 19.3. The van der Waals surface area contributed by atoms with Crippen molar-refractivity contribution in [1.82, 2.24) is 35.2 Å². The highest BCUT2D eigenvalue weighted by Gasteiger charge is 2.47. The van der Waals surface area contributed by atoms with Crippen LogP contribution in [0.3, 0.4) is 0 Å². The van der Waals surface area contributed by atoms with E-state index in [1.807, 2.05) is 92.8 Å². The quantitative estimate of drug-likeness (QED) is 0.0158. The summed E-state index contributed by atoms with van der Waals surface area (Å²) in [6.07, 6.45) is 1.91. The Morgan fingerprint density at radius 2 is 0.972 bits per heavy atom. The second kappa shape index (κ2) is 48.1. The van der Waals surface area contributed by atoms with Gasteiger partial charge < -0.3 is 69.3 Å². The molecule has 8 amide bonds. The number of nitrogens with zero attached hydrogens (tertiary/aromatic N) is 8. The number of hydrogen-bond donors (Lipinski definition) is 4. The molecule has 41 heteroatoms. The zero-order valence-corrected chi connectivity index (χ0v) is 87.8. The first-order valence-electron chi connectivity index (χ1n) is 43.6. The van der Waals surface area contributed by atoms with E-state index in [2.05, 4.69) is 63.2 Å². The molecule has 5 N–H and O–H groups in total. The number of nitrogens with one attached hydrogen (secondary N) is 2. The number of aromatic nitrogens is 1. The van der Waals surface area contributed by atoms with Crippen LogP contribution in [-0.2, 0) is 39.2 Å². The van der Waals surface area contributed by atoms with Crippen LogP contribution >= 0.6 is 113 Å². The fourth-order valence-electron chi connectivity index (χ4n) is 16.2. The van der Waals surface area contributed by atoms with Crippen molar-refractivity contribution in [3.8, 4) is 23.0 Å². The second-order valence-corrected chi connectivity index (χ2v) is 38.7. The van der Waals surface area contributed by atoms with Crippen molar-refractivity contribution in [2.24, 2.45) is 0 Å². The molecule has 32 nitrogen and oxygen atoms in total. The number of nitrogens with two attached hydrogens (primary N) is 1. The van der Waals surface area contributed by atoms with Gasteiger partial charge in [-0.2, -0.15) is 0 Å². The van der Waals surface area contributed by atoms with Crippen LogP contribution in [0.25, 0.3) is 0 Å². The Morgan fingerprint density at radius 3 is 1.45 bits per heavy atom. The van der Waals surface area contributed by atoms with Crippen molar-refractivity contribution in [2.45, 2.75) is 161 Å². The number of pyridine rings is 1. The molecule has 7 aliphatic rings. The molecule has 8 heterocycles. The average molecular weight is 2200 g/mol. The number of aliphatic hydroxyl groups is 1. The molecule has 7 aliphatic heterocycles. The highest BCUT2D eigenvalue weighted by Crippen LogP contribution is 2.47. The van der Waals surface area contributed by atoms with Gasteiger partial charge in [0.2, 0.25) is 0 Å². The van der Waals surface area contributed by atoms with Crippen molar-refractivity contribution >= 4 is 189 Å². The summed E-state index contributed by atoms with van der Waals surface area (Å²) in [5.74, 6) is 0.762. The van der Waals surface area contributed by atoms with Crippen LogP contribution in [0.2, 0.25) is 35.2 Å². The van der Waals surface area contributed by atoms with Crippen molar-refractivity contribution in [3.63, 3.8) is 0 Å². The number of carbonyl (C=O) groups is 9. The molecule has 746 valence electrons. The van der Waals surface area contributed by atoms with Crippen molar-refractivity contribution in [3.05, 3.63) is 313 Å². The van der Waals surface area contributed by atoms with Crippen LogP contribution in [0.1, 0.15) is 242 Å². The summed E-state index contributed by atoms with van der Waals surface area (Å²) in [6.45, 7) is 22.5. The summed E-state index contributed by atoms with van der Waals surface area (Å²) in [7, 11) is 7.78. The monoisotopic (exact) mass is 2200 g/mol. The normalized spacial score (nSPS) is 16.5. The standard InChI is InChI=1S/C18H18ClNO3.C17H16ClNO3.C14H15ClN2O5.C14H17ClN2O3.C10H13BrN2O.C9H8BrClO2.C9H7ClN2O3.C9H8ClNO/c1-11-17-14(5-4-6-15(17)19)18(21)20(11)10-12-7-8-13(22-2)9-16(12)23-3;1-21-12-7-6-11(16(8-12)22-2)9-19-10-14-13(17(19)20)4-3-5-15(14)18;1-7-10-8(15)5-6-9(17(20)21)11(10)12(18)16(7)13(19)22-14(2,3)4;1-7-10-8(15)5-6-9(16)11(10)12(18)17(7)13(19)20-14(2,3)4;11-10-2-1-8(7-12-10)13-5-3-9(14)4-6-13;1-13-9(12)6-3-2-4-8(11)7(6)5-10;1-4-7-5(10)2-3-6(12(14)15)8(7)9(13)11-4;1-5-8-6(9(12)11-5)3-2-4-7(8)10/h4-9,11H,10H2,1-3H3;3-8H,9-10H2,1-2H3;5-7H,1-4H3;5-7H,16H2,1-4H3;1-2,7,9,14H,3-6H2;2-4H,5H2,1H3;2-4H,1H3,(H,11,13);2-5H,1H3,(H,11,12). The smallest absolute Gasteiger partial charge is 0.417 e. The van der Waals surface area contributed by atoms with Gasteiger partial charge in [0.1, 0.15) is 49.9 Å². The van der Waals surface area contributed by atoms with Gasteiger partial charge in [-0.3, -0.25) is 49.0 Å². The van der Waals surface area contributed by atoms with E-state index < -0.39 is 63.0 Å².